The first-order valence-electron chi connectivity index (χ1n) is 10.2. The molecule has 0 unspecified atom stereocenters. The van der Waals surface area contributed by atoms with Crippen molar-refractivity contribution in [1.82, 2.24) is 9.55 Å². The highest BCUT2D eigenvalue weighted by Crippen LogP contribution is 2.38. The Bertz CT molecular complexity index is 1320. The number of aromatic nitrogens is 2. The van der Waals surface area contributed by atoms with Crippen molar-refractivity contribution in [2.24, 2.45) is 0 Å². The summed E-state index contributed by atoms with van der Waals surface area (Å²) >= 11 is 0. The fraction of sp³-hybridized carbons (Fsp3) is 0. The van der Waals surface area contributed by atoms with E-state index in [-0.39, 0.29) is 0 Å². The molecule has 148 valence electrons. The summed E-state index contributed by atoms with van der Waals surface area (Å²) < 4.78 is 2.15. The van der Waals surface area contributed by atoms with Gasteiger partial charge in [-0.1, -0.05) is 103 Å². The van der Waals surface area contributed by atoms with Crippen LogP contribution in [0.1, 0.15) is 10.4 Å². The van der Waals surface area contributed by atoms with Gasteiger partial charge in [-0.15, -0.1) is 0 Å². The first-order valence-corrected chi connectivity index (χ1v) is 10.2. The molecule has 0 fully saturated rings. The molecule has 0 atom stereocenters. The minimum absolute atomic E-state index is 0.615. The van der Waals surface area contributed by atoms with E-state index in [2.05, 4.69) is 41.0 Å². The predicted octanol–water partition coefficient (Wildman–Crippen LogP) is 6.69. The van der Waals surface area contributed by atoms with Crippen molar-refractivity contribution < 1.29 is 4.79 Å². The maximum Gasteiger partial charge on any atom is 0.150 e. The number of carbonyl (C=O) groups excluding carboxylic acids is 1. The highest BCUT2D eigenvalue weighted by Gasteiger charge is 2.23. The number of carbonyl (C=O) groups is 1. The van der Waals surface area contributed by atoms with Crippen LogP contribution in [0.25, 0.3) is 39.6 Å². The molecule has 3 heteroatoms. The quantitative estimate of drug-likeness (QED) is 0.308. The predicted molar refractivity (Wildman–Crippen MR) is 125 cm³/mol. The zero-order valence-electron chi connectivity index (χ0n) is 16.8. The van der Waals surface area contributed by atoms with Crippen molar-refractivity contribution in [3.8, 4) is 39.6 Å². The number of imidazole rings is 1. The Morgan fingerprint density at radius 1 is 0.613 bits per heavy atom. The van der Waals surface area contributed by atoms with Crippen LogP contribution in [0.2, 0.25) is 0 Å². The van der Waals surface area contributed by atoms with Gasteiger partial charge in [-0.05, 0) is 12.1 Å². The van der Waals surface area contributed by atoms with E-state index in [0.717, 1.165) is 45.9 Å². The number of benzene rings is 4. The zero-order valence-corrected chi connectivity index (χ0v) is 16.8. The molecule has 1 aromatic heterocycles. The Morgan fingerprint density at radius 3 is 1.81 bits per heavy atom. The lowest BCUT2D eigenvalue weighted by molar-refractivity contribution is 0.112. The number of nitrogens with zero attached hydrogens (tertiary/aromatic N) is 2. The molecule has 0 N–H and O–H groups in total. The second-order valence-electron chi connectivity index (χ2n) is 7.24. The Hall–Kier alpha value is -4.24. The molecule has 0 aliphatic rings. The standard InChI is InChI=1S/C28H20N2O/c31-20-23-16-10-11-19-25(23)28-29-26(21-12-4-1-5-13-21)27(22-14-6-2-7-15-22)30(28)24-17-8-3-9-18-24/h1-20H. The molecule has 1 heterocycles. The van der Waals surface area contributed by atoms with Gasteiger partial charge < -0.3 is 0 Å². The van der Waals surface area contributed by atoms with Crippen LogP contribution in [0.4, 0.5) is 0 Å². The maximum absolute atomic E-state index is 11.8. The second kappa shape index (κ2) is 8.25. The second-order valence-corrected chi connectivity index (χ2v) is 7.24. The van der Waals surface area contributed by atoms with Gasteiger partial charge in [0.15, 0.2) is 6.29 Å². The van der Waals surface area contributed by atoms with Crippen LogP contribution in [0.5, 0.6) is 0 Å². The number of rotatable bonds is 5. The van der Waals surface area contributed by atoms with Gasteiger partial charge >= 0.3 is 0 Å². The molecule has 0 aliphatic heterocycles. The minimum Gasteiger partial charge on any atom is -0.298 e. The van der Waals surface area contributed by atoms with Gasteiger partial charge in [0.1, 0.15) is 5.82 Å². The van der Waals surface area contributed by atoms with E-state index in [1.54, 1.807) is 0 Å². The topological polar surface area (TPSA) is 34.9 Å². The van der Waals surface area contributed by atoms with Crippen molar-refractivity contribution in [2.75, 3.05) is 0 Å². The number of aldehydes is 1. The fourth-order valence-electron chi connectivity index (χ4n) is 3.89. The lowest BCUT2D eigenvalue weighted by atomic mass is 10.0. The van der Waals surface area contributed by atoms with Gasteiger partial charge in [-0.2, -0.15) is 0 Å². The molecule has 3 nitrogen and oxygen atoms in total. The molecule has 0 aliphatic carbocycles. The molecular weight excluding hydrogens is 380 g/mol. The van der Waals surface area contributed by atoms with Crippen LogP contribution in [0, 0.1) is 0 Å². The van der Waals surface area contributed by atoms with Gasteiger partial charge in [0.05, 0.1) is 11.4 Å². The van der Waals surface area contributed by atoms with Crippen LogP contribution in [-0.4, -0.2) is 15.8 Å². The third-order valence-corrected chi connectivity index (χ3v) is 5.31. The van der Waals surface area contributed by atoms with Crippen molar-refractivity contribution in [3.05, 3.63) is 121 Å². The highest BCUT2D eigenvalue weighted by atomic mass is 16.1. The lowest BCUT2D eigenvalue weighted by Crippen LogP contribution is -2.01. The minimum atomic E-state index is 0.615. The van der Waals surface area contributed by atoms with E-state index in [4.69, 9.17) is 4.98 Å². The van der Waals surface area contributed by atoms with E-state index in [1.165, 1.54) is 0 Å². The summed E-state index contributed by atoms with van der Waals surface area (Å²) in [6, 6.07) is 38.2. The molecule has 0 amide bonds. The van der Waals surface area contributed by atoms with Crippen molar-refractivity contribution in [1.29, 1.82) is 0 Å². The van der Waals surface area contributed by atoms with Crippen LogP contribution in [0.3, 0.4) is 0 Å². The third-order valence-electron chi connectivity index (χ3n) is 5.31. The molecule has 0 radical (unpaired) electrons. The van der Waals surface area contributed by atoms with Crippen molar-refractivity contribution >= 4 is 6.29 Å². The summed E-state index contributed by atoms with van der Waals surface area (Å²) in [5, 5.41) is 0. The molecule has 5 aromatic rings. The van der Waals surface area contributed by atoms with E-state index in [9.17, 15) is 4.79 Å². The SMILES string of the molecule is O=Cc1ccccc1-c1nc(-c2ccccc2)c(-c2ccccc2)n1-c1ccccc1. The molecular formula is C28H20N2O. The molecule has 0 saturated heterocycles. The van der Waals surface area contributed by atoms with E-state index < -0.39 is 0 Å². The molecule has 0 saturated carbocycles. The largest absolute Gasteiger partial charge is 0.298 e. The molecule has 0 spiro atoms. The average molecular weight is 400 g/mol. The van der Waals surface area contributed by atoms with Gasteiger partial charge in [0.2, 0.25) is 0 Å². The summed E-state index contributed by atoms with van der Waals surface area (Å²) in [6.07, 6.45) is 0.893. The monoisotopic (exact) mass is 400 g/mol. The Labute approximate surface area is 181 Å². The van der Waals surface area contributed by atoms with E-state index in [1.807, 2.05) is 78.9 Å². The third kappa shape index (κ3) is 3.47. The molecule has 5 rings (SSSR count). The number of hydrogen-bond acceptors (Lipinski definition) is 2. The van der Waals surface area contributed by atoms with Crippen LogP contribution in [-0.2, 0) is 0 Å². The van der Waals surface area contributed by atoms with Gasteiger partial charge in [-0.3, -0.25) is 9.36 Å². The maximum atomic E-state index is 11.8. The Morgan fingerprint density at radius 2 is 1.16 bits per heavy atom. The Kier molecular flexibility index (Phi) is 4.99. The normalized spacial score (nSPS) is 10.7. The summed E-state index contributed by atoms with van der Waals surface area (Å²) in [5.74, 6) is 0.742. The zero-order chi connectivity index (χ0) is 21.0. The van der Waals surface area contributed by atoms with Crippen LogP contribution >= 0.6 is 0 Å². The molecule has 31 heavy (non-hydrogen) atoms. The molecule has 4 aromatic carbocycles. The highest BCUT2D eigenvalue weighted by molar-refractivity contribution is 5.90. The molecule has 0 bridgehead atoms. The number of hydrogen-bond donors (Lipinski definition) is 0. The summed E-state index contributed by atoms with van der Waals surface area (Å²) in [5.41, 5.74) is 6.38. The summed E-state index contributed by atoms with van der Waals surface area (Å²) in [4.78, 5) is 17.0. The van der Waals surface area contributed by atoms with Crippen molar-refractivity contribution in [3.63, 3.8) is 0 Å². The van der Waals surface area contributed by atoms with Crippen LogP contribution in [0.15, 0.2) is 115 Å². The first kappa shape index (κ1) is 18.8. The van der Waals surface area contributed by atoms with Gasteiger partial charge in [0, 0.05) is 27.9 Å². The first-order chi connectivity index (χ1) is 15.4. The summed E-state index contributed by atoms with van der Waals surface area (Å²) in [6.45, 7) is 0. The van der Waals surface area contributed by atoms with Crippen molar-refractivity contribution in [2.45, 2.75) is 0 Å². The van der Waals surface area contributed by atoms with E-state index in [0.29, 0.717) is 5.56 Å². The Balaban J connectivity index is 1.92. The van der Waals surface area contributed by atoms with E-state index >= 15 is 0 Å². The van der Waals surface area contributed by atoms with Gasteiger partial charge in [0.25, 0.3) is 0 Å². The number of para-hydroxylation sites is 1. The lowest BCUT2D eigenvalue weighted by Gasteiger charge is -2.14. The smallest absolute Gasteiger partial charge is 0.150 e. The average Bonchev–Trinajstić information content (AvgIpc) is 3.26. The summed E-state index contributed by atoms with van der Waals surface area (Å²) in [7, 11) is 0. The van der Waals surface area contributed by atoms with Gasteiger partial charge in [-0.25, -0.2) is 4.98 Å². The fourth-order valence-corrected chi connectivity index (χ4v) is 3.89. The van der Waals surface area contributed by atoms with Crippen LogP contribution < -0.4 is 0 Å².